The van der Waals surface area contributed by atoms with Crippen molar-refractivity contribution in [3.05, 3.63) is 147 Å². The maximum atomic E-state index is 14.8. The number of aromatic nitrogens is 12. The van der Waals surface area contributed by atoms with Crippen LogP contribution in [0.1, 0.15) is 120 Å². The summed E-state index contributed by atoms with van der Waals surface area (Å²) in [6.07, 6.45) is 8.67. The standard InChI is InChI=1S/C29H30FN7O.C26H23F2N7O2/c1-16(2)18-11-13-19(14-12-18)25-24-26(31)32-15-33-28(24)37(35-25)17(3)27-34-22-10-6-9-21(30)23(22)29(38)36(27)20-7-4-5-8-20;1-3-19(24-32-18-8-5-14(27)11-16(18)26(36)34(24)15-6-7-15)35-25-21(23(29)30-12-31-25)22(33-35)13-4-9-20(37-2)17(28)10-13/h6,9-17,20H,4-5,7-8H2,1-3H3,(H2,31,32,33);4-5,8-12,15,19H,3,6-7H2,1-2H3,(H2,29,30,31). The van der Waals surface area contributed by atoms with Gasteiger partial charge in [0.05, 0.1) is 34.3 Å². The molecule has 0 saturated heterocycles. The highest BCUT2D eigenvalue weighted by Crippen LogP contribution is 2.40. The number of anilines is 2. The number of rotatable bonds is 11. The normalized spacial score (nSPS) is 14.8. The summed E-state index contributed by atoms with van der Waals surface area (Å²) in [4.78, 5) is 54.3. The molecule has 2 unspecified atom stereocenters. The lowest BCUT2D eigenvalue weighted by Crippen LogP contribution is -2.31. The highest BCUT2D eigenvalue weighted by molar-refractivity contribution is 5.99. The molecular formula is C55H53F3N14O3. The molecule has 12 rings (SSSR count). The van der Waals surface area contributed by atoms with Crippen molar-refractivity contribution in [3.63, 3.8) is 0 Å². The van der Waals surface area contributed by atoms with Gasteiger partial charge < -0.3 is 16.2 Å². The first-order valence-electron chi connectivity index (χ1n) is 25.1. The molecule has 0 amide bonds. The number of ether oxygens (including phenoxy) is 1. The lowest BCUT2D eigenvalue weighted by Gasteiger charge is -2.23. The van der Waals surface area contributed by atoms with Crippen LogP contribution in [0.2, 0.25) is 0 Å². The fourth-order valence-corrected chi connectivity index (χ4v) is 10.4. The zero-order valence-corrected chi connectivity index (χ0v) is 41.9. The van der Waals surface area contributed by atoms with Gasteiger partial charge in [-0.1, -0.05) is 63.9 Å². The molecule has 2 aliphatic carbocycles. The van der Waals surface area contributed by atoms with Gasteiger partial charge in [-0.15, -0.1) is 0 Å². The van der Waals surface area contributed by atoms with Gasteiger partial charge in [0.1, 0.15) is 76.4 Å². The third-order valence-corrected chi connectivity index (χ3v) is 14.4. The van der Waals surface area contributed by atoms with E-state index in [-0.39, 0.29) is 45.5 Å². The SMILES string of the molecule is CC(C)c1ccc(-c2nn(C(C)c3nc4cccc(F)c4c(=O)n3C3CCCC3)c3ncnc(N)c23)cc1.CCC(c1nc2ccc(F)cc2c(=O)n1C1CC1)n1nc(-c2ccc(OC)c(F)c2)c2c(N)ncnc21. The summed E-state index contributed by atoms with van der Waals surface area (Å²) in [6, 6.07) is 20.3. The first-order valence-corrected chi connectivity index (χ1v) is 25.1. The van der Waals surface area contributed by atoms with Crippen LogP contribution in [0.5, 0.6) is 5.75 Å². The topological polar surface area (TPSA) is 218 Å². The number of nitrogens with zero attached hydrogens (tertiary/aromatic N) is 12. The third-order valence-electron chi connectivity index (χ3n) is 14.4. The number of nitrogen functional groups attached to an aromatic ring is 2. The quantitative estimate of drug-likeness (QED) is 0.123. The Bertz CT molecular complexity index is 3970. The molecule has 2 atom stereocenters. The monoisotopic (exact) mass is 1010 g/mol. The predicted octanol–water partition coefficient (Wildman–Crippen LogP) is 10.2. The van der Waals surface area contributed by atoms with Crippen LogP contribution in [0, 0.1) is 17.5 Å². The summed E-state index contributed by atoms with van der Waals surface area (Å²) in [6.45, 7) is 8.19. The molecule has 0 aliphatic heterocycles. The van der Waals surface area contributed by atoms with Gasteiger partial charge in [0, 0.05) is 23.2 Å². The Morgan fingerprint density at radius 1 is 0.653 bits per heavy atom. The number of hydrogen-bond donors (Lipinski definition) is 2. The second-order valence-electron chi connectivity index (χ2n) is 19.5. The van der Waals surface area contributed by atoms with Crippen LogP contribution in [0.15, 0.2) is 101 Å². The molecule has 2 aliphatic rings. The van der Waals surface area contributed by atoms with Crippen molar-refractivity contribution < 1.29 is 17.9 Å². The van der Waals surface area contributed by atoms with Crippen molar-refractivity contribution in [2.45, 2.75) is 103 Å². The molecule has 6 aromatic heterocycles. The van der Waals surface area contributed by atoms with Crippen molar-refractivity contribution in [3.8, 4) is 28.3 Å². The first-order chi connectivity index (χ1) is 36.3. The molecule has 0 bridgehead atoms. The zero-order chi connectivity index (χ0) is 52.4. The minimum atomic E-state index is -0.553. The smallest absolute Gasteiger partial charge is 0.264 e. The van der Waals surface area contributed by atoms with Gasteiger partial charge in [0.2, 0.25) is 0 Å². The lowest BCUT2D eigenvalue weighted by molar-refractivity contribution is 0.386. The summed E-state index contributed by atoms with van der Waals surface area (Å²) in [5.41, 5.74) is 17.4. The van der Waals surface area contributed by atoms with Crippen molar-refractivity contribution >= 4 is 55.5 Å². The van der Waals surface area contributed by atoms with Crippen LogP contribution in [-0.2, 0) is 0 Å². The highest BCUT2D eigenvalue weighted by Gasteiger charge is 2.34. The Balaban J connectivity index is 0.000000161. The van der Waals surface area contributed by atoms with Gasteiger partial charge in [0.15, 0.2) is 22.9 Å². The van der Waals surface area contributed by atoms with E-state index in [1.807, 2.05) is 26.0 Å². The van der Waals surface area contributed by atoms with E-state index >= 15 is 0 Å². The van der Waals surface area contributed by atoms with Crippen LogP contribution in [0.4, 0.5) is 24.8 Å². The van der Waals surface area contributed by atoms with E-state index in [0.717, 1.165) is 44.1 Å². The second-order valence-corrected chi connectivity index (χ2v) is 19.5. The number of benzene rings is 4. The lowest BCUT2D eigenvalue weighted by atomic mass is 10.0. The number of fused-ring (bicyclic) bond motifs is 4. The van der Waals surface area contributed by atoms with Gasteiger partial charge in [-0.25, -0.2) is 52.4 Å². The van der Waals surface area contributed by atoms with Gasteiger partial charge in [-0.3, -0.25) is 18.7 Å². The summed E-state index contributed by atoms with van der Waals surface area (Å²) in [5, 5.41) is 11.2. The van der Waals surface area contributed by atoms with Crippen molar-refractivity contribution in [2.75, 3.05) is 18.6 Å². The molecule has 0 radical (unpaired) electrons. The number of hydrogen-bond acceptors (Lipinski definition) is 13. The van der Waals surface area contributed by atoms with Crippen LogP contribution in [0.25, 0.3) is 66.4 Å². The Hall–Kier alpha value is -8.55. The van der Waals surface area contributed by atoms with E-state index in [0.29, 0.717) is 79.9 Å². The van der Waals surface area contributed by atoms with Crippen molar-refractivity contribution in [2.24, 2.45) is 0 Å². The molecule has 2 saturated carbocycles. The van der Waals surface area contributed by atoms with Crippen LogP contribution < -0.4 is 27.3 Å². The molecule has 2 fully saturated rings. The minimum Gasteiger partial charge on any atom is -0.494 e. The summed E-state index contributed by atoms with van der Waals surface area (Å²) >= 11 is 0. The van der Waals surface area contributed by atoms with E-state index in [1.165, 1.54) is 61.7 Å². The van der Waals surface area contributed by atoms with E-state index < -0.39 is 29.5 Å². The van der Waals surface area contributed by atoms with E-state index in [4.69, 9.17) is 36.4 Å². The second kappa shape index (κ2) is 19.4. The maximum absolute atomic E-state index is 14.8. The molecule has 382 valence electrons. The largest absolute Gasteiger partial charge is 0.494 e. The summed E-state index contributed by atoms with van der Waals surface area (Å²) in [5.74, 6) is 0.481. The van der Waals surface area contributed by atoms with Crippen LogP contribution in [0.3, 0.4) is 0 Å². The van der Waals surface area contributed by atoms with Gasteiger partial charge >= 0.3 is 0 Å². The molecule has 4 N–H and O–H groups in total. The molecular weight excluding hydrogens is 962 g/mol. The average Bonchev–Trinajstić information content (AvgIpc) is 3.74. The molecule has 6 heterocycles. The highest BCUT2D eigenvalue weighted by atomic mass is 19.1. The Kier molecular flexibility index (Phi) is 12.6. The zero-order valence-electron chi connectivity index (χ0n) is 41.9. The van der Waals surface area contributed by atoms with Gasteiger partial charge in [-0.05, 0) is 99.0 Å². The van der Waals surface area contributed by atoms with E-state index in [1.54, 1.807) is 36.7 Å². The predicted molar refractivity (Wildman–Crippen MR) is 281 cm³/mol. The molecule has 0 spiro atoms. The third kappa shape index (κ3) is 8.56. The van der Waals surface area contributed by atoms with Crippen molar-refractivity contribution in [1.82, 2.24) is 58.6 Å². The van der Waals surface area contributed by atoms with Crippen LogP contribution >= 0.6 is 0 Å². The maximum Gasteiger partial charge on any atom is 0.264 e. The first kappa shape index (κ1) is 48.7. The molecule has 17 nitrogen and oxygen atoms in total. The van der Waals surface area contributed by atoms with Gasteiger partial charge in [-0.2, -0.15) is 10.2 Å². The number of nitrogens with two attached hydrogens (primary N) is 2. The van der Waals surface area contributed by atoms with E-state index in [2.05, 4.69) is 45.9 Å². The van der Waals surface area contributed by atoms with Crippen molar-refractivity contribution in [1.29, 1.82) is 0 Å². The number of halogens is 3. The molecule has 75 heavy (non-hydrogen) atoms. The minimum absolute atomic E-state index is 0.0200. The Labute approximate surface area is 427 Å². The molecule has 20 heteroatoms. The fourth-order valence-electron chi connectivity index (χ4n) is 10.4. The summed E-state index contributed by atoms with van der Waals surface area (Å²) in [7, 11) is 1.39. The van der Waals surface area contributed by atoms with E-state index in [9.17, 15) is 22.8 Å². The summed E-state index contributed by atoms with van der Waals surface area (Å²) < 4.78 is 55.2. The number of methoxy groups -OCH3 is 1. The van der Waals surface area contributed by atoms with Gasteiger partial charge in [0.25, 0.3) is 11.1 Å². The van der Waals surface area contributed by atoms with Crippen LogP contribution in [-0.4, -0.2) is 65.7 Å². The Morgan fingerprint density at radius 2 is 1.27 bits per heavy atom. The average molecular weight is 1020 g/mol. The fraction of sp³-hybridized carbons (Fsp3) is 0.309. The molecule has 10 aromatic rings. The molecule has 4 aromatic carbocycles. The Morgan fingerprint density at radius 3 is 1.91 bits per heavy atom.